The van der Waals surface area contributed by atoms with E-state index in [0.29, 0.717) is 0 Å². The fraction of sp³-hybridized carbons (Fsp3) is 0.667. The van der Waals surface area contributed by atoms with Gasteiger partial charge in [-0.05, 0) is 0 Å². The van der Waals surface area contributed by atoms with Gasteiger partial charge in [0.05, 0.1) is 0 Å². The molecule has 2 nitrogen and oxygen atoms in total. The number of hydrogen-bond donors (Lipinski definition) is 0. The fourth-order valence-corrected chi connectivity index (χ4v) is 6.05. The molecule has 1 heterocycles. The zero-order valence-corrected chi connectivity index (χ0v) is 9.17. The van der Waals surface area contributed by atoms with Crippen LogP contribution >= 0.6 is 0 Å². The number of hydrogen-bond acceptors (Lipinski definition) is 2. The van der Waals surface area contributed by atoms with Crippen LogP contribution in [0.5, 0.6) is 0 Å². The molecule has 0 amide bonds. The van der Waals surface area contributed by atoms with Gasteiger partial charge >= 0.3 is 60.6 Å². The normalized spacial score (nSPS) is 23.6. The second-order valence-electron chi connectivity index (χ2n) is 2.72. The predicted octanol–water partition coefficient (Wildman–Crippen LogP) is 1.99. The first kappa shape index (κ1) is 7.25. The van der Waals surface area contributed by atoms with Gasteiger partial charge in [-0.25, -0.2) is 0 Å². The van der Waals surface area contributed by atoms with Gasteiger partial charge in [0, 0.05) is 0 Å². The van der Waals surface area contributed by atoms with E-state index >= 15 is 0 Å². The van der Waals surface area contributed by atoms with Gasteiger partial charge in [0.2, 0.25) is 0 Å². The molecule has 0 bridgehead atoms. The quantitative estimate of drug-likeness (QED) is 0.597. The van der Waals surface area contributed by atoms with Crippen molar-refractivity contribution in [2.45, 2.75) is 23.7 Å². The summed E-state index contributed by atoms with van der Waals surface area (Å²) in [5, 5.41) is 0. The van der Waals surface area contributed by atoms with Crippen molar-refractivity contribution < 1.29 is 6.15 Å². The summed E-state index contributed by atoms with van der Waals surface area (Å²) in [4.78, 5) is 4.21. The van der Waals surface area contributed by atoms with E-state index in [-0.39, 0.29) is 0 Å². The van der Waals surface area contributed by atoms with Crippen LogP contribution in [0.3, 0.4) is 0 Å². The van der Waals surface area contributed by atoms with Crippen molar-refractivity contribution in [3.63, 3.8) is 0 Å². The third-order valence-corrected chi connectivity index (χ3v) is 5.85. The molecule has 0 unspecified atom stereocenters. The van der Waals surface area contributed by atoms with Crippen molar-refractivity contribution in [1.29, 1.82) is 0 Å². The maximum absolute atomic E-state index is 5.53. The zero-order chi connectivity index (χ0) is 7.07. The van der Waals surface area contributed by atoms with Crippen LogP contribution in [0.15, 0.2) is 11.5 Å². The molecule has 1 rings (SSSR count). The molecular formula is C6H12O2Sn. The Hall–Kier alpha value is 0.139. The van der Waals surface area contributed by atoms with Crippen LogP contribution in [0.25, 0.3) is 0 Å². The molecule has 0 saturated heterocycles. The molecule has 0 spiro atoms. The van der Waals surface area contributed by atoms with Gasteiger partial charge in [-0.2, -0.15) is 0 Å². The molecular weight excluding hydrogens is 223 g/mol. The molecule has 0 N–H and O–H groups in total. The fourth-order valence-electron chi connectivity index (χ4n) is 0.902. The van der Waals surface area contributed by atoms with Crippen molar-refractivity contribution in [2.75, 3.05) is 0 Å². The maximum atomic E-state index is 5.53. The molecule has 0 saturated carbocycles. The molecule has 0 fully saturated rings. The van der Waals surface area contributed by atoms with E-state index in [0.717, 1.165) is 11.5 Å². The molecule has 0 aromatic carbocycles. The van der Waals surface area contributed by atoms with E-state index in [2.05, 4.69) is 9.88 Å². The standard InChI is InChI=1S/C4H8O2.2CH3.Sn/c1-3(5)4(2)6;;;/h5-6H,1-2H3;2*1H3;/q;;;+2/p-2. The van der Waals surface area contributed by atoms with Gasteiger partial charge in [-0.3, -0.25) is 0 Å². The first-order chi connectivity index (χ1) is 4.01. The molecule has 0 aromatic rings. The molecule has 0 atom stereocenters. The summed E-state index contributed by atoms with van der Waals surface area (Å²) in [7, 11) is 0. The second kappa shape index (κ2) is 2.07. The molecule has 0 radical (unpaired) electrons. The van der Waals surface area contributed by atoms with Crippen molar-refractivity contribution in [3.8, 4) is 0 Å². The monoisotopic (exact) mass is 236 g/mol. The van der Waals surface area contributed by atoms with Gasteiger partial charge in [-0.15, -0.1) is 0 Å². The third-order valence-electron chi connectivity index (χ3n) is 1.29. The van der Waals surface area contributed by atoms with Crippen LogP contribution in [-0.4, -0.2) is 19.2 Å². The molecule has 52 valence electrons. The van der Waals surface area contributed by atoms with E-state index < -0.39 is 19.2 Å². The number of rotatable bonds is 0. The SMILES string of the molecule is CC1=C(C)[O][Sn]([CH3])([CH3])[O]1. The molecule has 0 aliphatic carbocycles. The van der Waals surface area contributed by atoms with E-state index in [1.165, 1.54) is 0 Å². The first-order valence-corrected chi connectivity index (χ1v) is 11.1. The minimum absolute atomic E-state index is 0.982. The van der Waals surface area contributed by atoms with E-state index in [1.807, 2.05) is 13.8 Å². The van der Waals surface area contributed by atoms with Crippen molar-refractivity contribution >= 4 is 19.2 Å². The number of allylic oxidation sites excluding steroid dienone is 2. The van der Waals surface area contributed by atoms with Gasteiger partial charge in [0.25, 0.3) is 0 Å². The molecule has 1 aliphatic heterocycles. The summed E-state index contributed by atoms with van der Waals surface area (Å²) in [6.45, 7) is 3.92. The summed E-state index contributed by atoms with van der Waals surface area (Å²) >= 11 is -2.41. The van der Waals surface area contributed by atoms with Gasteiger partial charge in [-0.1, -0.05) is 0 Å². The van der Waals surface area contributed by atoms with Crippen molar-refractivity contribution in [3.05, 3.63) is 11.5 Å². The Morgan fingerprint density at radius 3 is 1.44 bits per heavy atom. The Bertz CT molecular complexity index is 144. The summed E-state index contributed by atoms with van der Waals surface area (Å²) in [6, 6.07) is 0. The average molecular weight is 235 g/mol. The second-order valence-corrected chi connectivity index (χ2v) is 11.9. The van der Waals surface area contributed by atoms with Gasteiger partial charge in [0.15, 0.2) is 0 Å². The van der Waals surface area contributed by atoms with Crippen molar-refractivity contribution in [1.82, 2.24) is 0 Å². The van der Waals surface area contributed by atoms with E-state index in [9.17, 15) is 0 Å². The Morgan fingerprint density at radius 2 is 1.33 bits per heavy atom. The summed E-state index contributed by atoms with van der Waals surface area (Å²) in [5.74, 6) is 1.96. The summed E-state index contributed by atoms with van der Waals surface area (Å²) in [6.07, 6.45) is 0. The van der Waals surface area contributed by atoms with Crippen LogP contribution in [-0.2, 0) is 6.15 Å². The van der Waals surface area contributed by atoms with E-state index in [4.69, 9.17) is 6.15 Å². The van der Waals surface area contributed by atoms with Crippen LogP contribution in [0.2, 0.25) is 9.88 Å². The minimum atomic E-state index is -2.41. The van der Waals surface area contributed by atoms with Gasteiger partial charge in [0.1, 0.15) is 0 Å². The van der Waals surface area contributed by atoms with Crippen LogP contribution in [0.4, 0.5) is 0 Å². The van der Waals surface area contributed by atoms with Gasteiger partial charge < -0.3 is 0 Å². The third kappa shape index (κ3) is 1.53. The Balaban J connectivity index is 2.70. The summed E-state index contributed by atoms with van der Waals surface area (Å²) < 4.78 is 11.1. The first-order valence-electron chi connectivity index (χ1n) is 3.07. The molecule has 9 heavy (non-hydrogen) atoms. The molecule has 1 aliphatic rings. The Morgan fingerprint density at radius 1 is 1.00 bits per heavy atom. The Kier molecular flexibility index (Phi) is 1.67. The van der Waals surface area contributed by atoms with Crippen LogP contribution in [0, 0.1) is 0 Å². The summed E-state index contributed by atoms with van der Waals surface area (Å²) in [5.41, 5.74) is 0. The average Bonchev–Trinajstić information content (AvgIpc) is 1.79. The van der Waals surface area contributed by atoms with Crippen LogP contribution in [0.1, 0.15) is 13.8 Å². The van der Waals surface area contributed by atoms with E-state index in [1.54, 1.807) is 0 Å². The van der Waals surface area contributed by atoms with Crippen LogP contribution < -0.4 is 0 Å². The van der Waals surface area contributed by atoms with Crippen molar-refractivity contribution in [2.24, 2.45) is 0 Å². The topological polar surface area (TPSA) is 18.5 Å². The predicted molar refractivity (Wildman–Crippen MR) is 38.0 cm³/mol. The molecule has 0 aromatic heterocycles. The Labute approximate surface area is 60.8 Å². The zero-order valence-electron chi connectivity index (χ0n) is 6.32. The molecule has 3 heteroatoms.